The van der Waals surface area contributed by atoms with Crippen molar-refractivity contribution in [2.75, 3.05) is 39.4 Å². The lowest BCUT2D eigenvalue weighted by molar-refractivity contribution is -0.145. The molecule has 2 aromatic carbocycles. The largest absolute Gasteiger partial charge is 0.482 e. The third kappa shape index (κ3) is 9.20. The molecular weight excluding hydrogens is 599 g/mol. The Hall–Kier alpha value is -3.09. The van der Waals surface area contributed by atoms with E-state index in [0.717, 1.165) is 59.1 Å². The molecule has 0 aliphatic carbocycles. The minimum absolute atomic E-state index is 0.0646. The summed E-state index contributed by atoms with van der Waals surface area (Å²) in [7, 11) is 0. The number of halogens is 3. The molecule has 0 radical (unpaired) electrons. The number of piperazine rings is 1. The molecule has 1 amide bonds. The normalized spacial score (nSPS) is 14.1. The SMILES string of the molecule is CCCc1cc(SCc2sc(-c3ccc(C(F)(F)F)cc3)nc2CN2CCN(C(C)=O)CC2)ccc1OCC(=O)OCC. The predicted molar refractivity (Wildman–Crippen MR) is 162 cm³/mol. The molecule has 232 valence electrons. The van der Waals surface area contributed by atoms with Gasteiger partial charge < -0.3 is 14.4 Å². The van der Waals surface area contributed by atoms with Crippen LogP contribution in [0.1, 0.15) is 48.9 Å². The van der Waals surface area contributed by atoms with Gasteiger partial charge >= 0.3 is 12.1 Å². The van der Waals surface area contributed by atoms with Crippen LogP contribution in [-0.4, -0.2) is 66.1 Å². The summed E-state index contributed by atoms with van der Waals surface area (Å²) in [5.74, 6) is 0.949. The maximum Gasteiger partial charge on any atom is 0.416 e. The summed E-state index contributed by atoms with van der Waals surface area (Å²) >= 11 is 3.14. The van der Waals surface area contributed by atoms with Gasteiger partial charge in [0, 0.05) is 60.7 Å². The number of rotatable bonds is 12. The second-order valence-corrected chi connectivity index (χ2v) is 12.3. The van der Waals surface area contributed by atoms with Crippen LogP contribution in [0.2, 0.25) is 0 Å². The number of thiazole rings is 1. The molecule has 0 spiro atoms. The summed E-state index contributed by atoms with van der Waals surface area (Å²) in [6, 6.07) is 11.0. The first-order chi connectivity index (χ1) is 20.6. The van der Waals surface area contributed by atoms with E-state index in [1.807, 2.05) is 17.0 Å². The fourth-order valence-corrected chi connectivity index (χ4v) is 6.85. The van der Waals surface area contributed by atoms with Gasteiger partial charge in [-0.15, -0.1) is 23.1 Å². The Bertz CT molecular complexity index is 1390. The molecule has 1 saturated heterocycles. The van der Waals surface area contributed by atoms with Crippen molar-refractivity contribution in [3.05, 3.63) is 64.2 Å². The van der Waals surface area contributed by atoms with E-state index in [4.69, 9.17) is 14.5 Å². The van der Waals surface area contributed by atoms with Gasteiger partial charge in [-0.05, 0) is 49.2 Å². The van der Waals surface area contributed by atoms with E-state index < -0.39 is 17.7 Å². The van der Waals surface area contributed by atoms with E-state index in [2.05, 4.69) is 17.9 Å². The van der Waals surface area contributed by atoms with E-state index in [1.54, 1.807) is 25.6 Å². The summed E-state index contributed by atoms with van der Waals surface area (Å²) in [4.78, 5) is 34.6. The molecule has 43 heavy (non-hydrogen) atoms. The Morgan fingerprint density at radius 1 is 1.05 bits per heavy atom. The van der Waals surface area contributed by atoms with E-state index >= 15 is 0 Å². The number of carbonyl (C=O) groups is 2. The van der Waals surface area contributed by atoms with Crippen molar-refractivity contribution in [2.24, 2.45) is 0 Å². The number of ether oxygens (including phenoxy) is 2. The molecule has 0 atom stereocenters. The second-order valence-electron chi connectivity index (χ2n) is 10.1. The molecular formula is C31H36F3N3O4S2. The van der Waals surface area contributed by atoms with Crippen LogP contribution in [0, 0.1) is 0 Å². The van der Waals surface area contributed by atoms with Crippen LogP contribution in [0.3, 0.4) is 0 Å². The molecule has 0 unspecified atom stereocenters. The zero-order chi connectivity index (χ0) is 31.0. The van der Waals surface area contributed by atoms with Crippen molar-refractivity contribution in [3.63, 3.8) is 0 Å². The number of aromatic nitrogens is 1. The molecule has 1 fully saturated rings. The first-order valence-electron chi connectivity index (χ1n) is 14.3. The lowest BCUT2D eigenvalue weighted by Gasteiger charge is -2.33. The first-order valence-corrected chi connectivity index (χ1v) is 16.1. The lowest BCUT2D eigenvalue weighted by atomic mass is 10.1. The average molecular weight is 636 g/mol. The number of alkyl halides is 3. The molecule has 1 aromatic heterocycles. The molecule has 12 heteroatoms. The zero-order valence-electron chi connectivity index (χ0n) is 24.5. The van der Waals surface area contributed by atoms with Gasteiger partial charge in [-0.3, -0.25) is 9.69 Å². The van der Waals surface area contributed by atoms with Gasteiger partial charge in [0.15, 0.2) is 6.61 Å². The number of amides is 1. The van der Waals surface area contributed by atoms with Crippen molar-refractivity contribution < 1.29 is 32.2 Å². The van der Waals surface area contributed by atoms with Gasteiger partial charge in [0.05, 0.1) is 17.9 Å². The number of aryl methyl sites for hydroxylation is 1. The predicted octanol–water partition coefficient (Wildman–Crippen LogP) is 6.68. The standard InChI is InChI=1S/C31H36F3N3O4S2/c1-4-6-23-17-25(11-12-27(23)41-19-29(39)40-5-2)42-20-28-26(18-36-13-15-37(16-14-36)21(3)38)35-30(43-28)22-7-9-24(10-8-22)31(32,33)34/h7-12,17H,4-6,13-16,18-20H2,1-3H3. The lowest BCUT2D eigenvalue weighted by Crippen LogP contribution is -2.47. The Kier molecular flexibility index (Phi) is 11.5. The number of carbonyl (C=O) groups excluding carboxylic acids is 2. The number of thioether (sulfide) groups is 1. The van der Waals surface area contributed by atoms with Gasteiger partial charge in [-0.2, -0.15) is 13.2 Å². The minimum Gasteiger partial charge on any atom is -0.482 e. The summed E-state index contributed by atoms with van der Waals surface area (Å²) in [6.45, 7) is 8.93. The molecule has 0 bridgehead atoms. The van der Waals surface area contributed by atoms with Crippen molar-refractivity contribution in [1.29, 1.82) is 0 Å². The quantitative estimate of drug-likeness (QED) is 0.162. The Morgan fingerprint density at radius 3 is 2.40 bits per heavy atom. The van der Waals surface area contributed by atoms with Crippen LogP contribution in [-0.2, 0) is 39.2 Å². The van der Waals surface area contributed by atoms with Crippen molar-refractivity contribution >= 4 is 35.0 Å². The topological polar surface area (TPSA) is 72.0 Å². The van der Waals surface area contributed by atoms with Gasteiger partial charge in [0.2, 0.25) is 5.91 Å². The molecule has 0 N–H and O–H groups in total. The van der Waals surface area contributed by atoms with Crippen molar-refractivity contribution in [1.82, 2.24) is 14.8 Å². The average Bonchev–Trinajstić information content (AvgIpc) is 3.38. The van der Waals surface area contributed by atoms with Crippen LogP contribution in [0.4, 0.5) is 13.2 Å². The number of hydrogen-bond acceptors (Lipinski definition) is 8. The van der Waals surface area contributed by atoms with Crippen LogP contribution in [0.15, 0.2) is 47.4 Å². The van der Waals surface area contributed by atoms with Crippen molar-refractivity contribution in [3.8, 4) is 16.3 Å². The first kappa shape index (κ1) is 32.8. The third-order valence-corrected chi connectivity index (χ3v) is 9.35. The molecule has 7 nitrogen and oxygen atoms in total. The maximum absolute atomic E-state index is 13.1. The van der Waals surface area contributed by atoms with Crippen LogP contribution >= 0.6 is 23.1 Å². The fourth-order valence-electron chi connectivity index (χ4n) is 4.72. The Labute approximate surface area is 258 Å². The van der Waals surface area contributed by atoms with Crippen molar-refractivity contribution in [2.45, 2.75) is 57.0 Å². The highest BCUT2D eigenvalue weighted by molar-refractivity contribution is 7.98. The van der Waals surface area contributed by atoms with Crippen LogP contribution < -0.4 is 4.74 Å². The van der Waals surface area contributed by atoms with Crippen LogP contribution in [0.5, 0.6) is 5.75 Å². The molecule has 1 aliphatic heterocycles. The van der Waals surface area contributed by atoms with Crippen LogP contribution in [0.25, 0.3) is 10.6 Å². The number of nitrogens with zero attached hydrogens (tertiary/aromatic N) is 3. The van der Waals surface area contributed by atoms with Gasteiger partial charge in [0.1, 0.15) is 10.8 Å². The fraction of sp³-hybridized carbons (Fsp3) is 0.452. The van der Waals surface area contributed by atoms with Gasteiger partial charge in [-0.25, -0.2) is 9.78 Å². The smallest absolute Gasteiger partial charge is 0.416 e. The monoisotopic (exact) mass is 635 g/mol. The highest BCUT2D eigenvalue weighted by Gasteiger charge is 2.30. The molecule has 3 aromatic rings. The Balaban J connectivity index is 1.53. The van der Waals surface area contributed by atoms with E-state index in [1.165, 1.54) is 23.5 Å². The highest BCUT2D eigenvalue weighted by Crippen LogP contribution is 2.37. The zero-order valence-corrected chi connectivity index (χ0v) is 26.2. The number of hydrogen-bond donors (Lipinski definition) is 0. The van der Waals surface area contributed by atoms with E-state index in [-0.39, 0.29) is 12.5 Å². The highest BCUT2D eigenvalue weighted by atomic mass is 32.2. The third-order valence-electron chi connectivity index (χ3n) is 7.00. The molecule has 1 aliphatic rings. The minimum atomic E-state index is -4.40. The summed E-state index contributed by atoms with van der Waals surface area (Å²) < 4.78 is 50.1. The second kappa shape index (κ2) is 15.1. The number of esters is 1. The van der Waals surface area contributed by atoms with E-state index in [9.17, 15) is 22.8 Å². The summed E-state index contributed by atoms with van der Waals surface area (Å²) in [6.07, 6.45) is -2.69. The molecule has 4 rings (SSSR count). The number of benzene rings is 2. The summed E-state index contributed by atoms with van der Waals surface area (Å²) in [5, 5.41) is 0.677. The molecule has 0 saturated carbocycles. The van der Waals surface area contributed by atoms with Gasteiger partial charge in [0.25, 0.3) is 0 Å². The van der Waals surface area contributed by atoms with Gasteiger partial charge in [-0.1, -0.05) is 25.5 Å². The van der Waals surface area contributed by atoms with E-state index in [0.29, 0.717) is 48.3 Å². The maximum atomic E-state index is 13.1. The Morgan fingerprint density at radius 2 is 1.77 bits per heavy atom. The summed E-state index contributed by atoms with van der Waals surface area (Å²) in [5.41, 5.74) is 1.86. The molecule has 2 heterocycles.